The first-order valence-electron chi connectivity index (χ1n) is 10.8. The van der Waals surface area contributed by atoms with Crippen LogP contribution in [-0.4, -0.2) is 17.5 Å². The van der Waals surface area contributed by atoms with Crippen molar-refractivity contribution in [2.24, 2.45) is 23.2 Å². The van der Waals surface area contributed by atoms with Crippen molar-refractivity contribution in [2.75, 3.05) is 0 Å². The molecule has 0 aromatic heterocycles. The van der Waals surface area contributed by atoms with E-state index >= 15 is 0 Å². The zero-order chi connectivity index (χ0) is 21.0. The number of fused-ring (bicyclic) bond motifs is 4. The molecule has 4 rings (SSSR count). The van der Waals surface area contributed by atoms with Crippen molar-refractivity contribution in [1.82, 2.24) is 0 Å². The van der Waals surface area contributed by atoms with Gasteiger partial charge < -0.3 is 14.2 Å². The summed E-state index contributed by atoms with van der Waals surface area (Å²) in [7, 11) is 0. The Labute approximate surface area is 180 Å². The van der Waals surface area contributed by atoms with Crippen molar-refractivity contribution >= 4 is 11.9 Å². The maximum Gasteiger partial charge on any atom is 0.308 e. The van der Waals surface area contributed by atoms with Crippen LogP contribution in [0.15, 0.2) is 12.1 Å². The summed E-state index contributed by atoms with van der Waals surface area (Å²) >= 11 is 0. The number of ether oxygens (including phenoxy) is 3. The predicted octanol–water partition coefficient (Wildman–Crippen LogP) is 5.72. The molecule has 5 atom stereocenters. The quantitative estimate of drug-likeness (QED) is 0.456. The van der Waals surface area contributed by atoms with Gasteiger partial charge >= 0.3 is 11.9 Å². The van der Waals surface area contributed by atoms with Gasteiger partial charge in [-0.3, -0.25) is 9.59 Å². The summed E-state index contributed by atoms with van der Waals surface area (Å²) in [5, 5.41) is 0. The van der Waals surface area contributed by atoms with E-state index < -0.39 is 11.9 Å². The first-order valence-corrected chi connectivity index (χ1v) is 10.8. The van der Waals surface area contributed by atoms with E-state index in [1.165, 1.54) is 39.5 Å². The molecule has 0 bridgehead atoms. The van der Waals surface area contributed by atoms with Crippen LogP contribution in [0.1, 0.15) is 79.7 Å². The first-order chi connectivity index (χ1) is 13.6. The summed E-state index contributed by atoms with van der Waals surface area (Å²) in [5.41, 5.74) is 1.05. The molecule has 1 aliphatic heterocycles. The standard InChI is InChI=1S/C24H32O5.CH4/c1-14-7-6-9-23(4)18(14)8-10-24(5)22(23)12-17-11-20(27-15(2)25)21(28-16(3)26)13-19(17)29-24;/h11,13-14,18,22H,6-10,12H2,1-5H3;1H4/t14?,18?,22?,23?,24-;/m0./s1. The van der Waals surface area contributed by atoms with Gasteiger partial charge in [-0.15, -0.1) is 0 Å². The molecule has 2 aliphatic carbocycles. The lowest BCUT2D eigenvalue weighted by atomic mass is 9.48. The van der Waals surface area contributed by atoms with Gasteiger partial charge in [-0.05, 0) is 61.5 Å². The monoisotopic (exact) mass is 416 g/mol. The van der Waals surface area contributed by atoms with Crippen LogP contribution in [0, 0.1) is 23.2 Å². The van der Waals surface area contributed by atoms with Crippen molar-refractivity contribution in [3.05, 3.63) is 17.7 Å². The number of rotatable bonds is 2. The van der Waals surface area contributed by atoms with Crippen LogP contribution in [0.25, 0.3) is 0 Å². The van der Waals surface area contributed by atoms with Gasteiger partial charge in [0.1, 0.15) is 11.4 Å². The number of hydrogen-bond donors (Lipinski definition) is 0. The number of hydrogen-bond acceptors (Lipinski definition) is 5. The van der Waals surface area contributed by atoms with Gasteiger partial charge in [0.2, 0.25) is 0 Å². The van der Waals surface area contributed by atoms with E-state index in [0.717, 1.165) is 36.0 Å². The van der Waals surface area contributed by atoms with Crippen LogP contribution in [0.3, 0.4) is 0 Å². The molecule has 5 nitrogen and oxygen atoms in total. The fourth-order valence-electron chi connectivity index (χ4n) is 6.55. The largest absolute Gasteiger partial charge is 0.487 e. The van der Waals surface area contributed by atoms with Crippen molar-refractivity contribution in [3.8, 4) is 17.2 Å². The highest BCUT2D eigenvalue weighted by atomic mass is 16.6. The molecule has 0 saturated heterocycles. The fraction of sp³-hybridized carbons (Fsp3) is 0.680. The normalized spacial score (nSPS) is 34.2. The summed E-state index contributed by atoms with van der Waals surface area (Å²) in [6.07, 6.45) is 6.96. The van der Waals surface area contributed by atoms with Crippen LogP contribution in [0.2, 0.25) is 0 Å². The molecule has 1 aromatic rings. The van der Waals surface area contributed by atoms with Gasteiger partial charge in [0, 0.05) is 25.8 Å². The smallest absolute Gasteiger partial charge is 0.308 e. The van der Waals surface area contributed by atoms with Gasteiger partial charge in [-0.25, -0.2) is 0 Å². The van der Waals surface area contributed by atoms with Crippen LogP contribution in [-0.2, 0) is 16.0 Å². The summed E-state index contributed by atoms with van der Waals surface area (Å²) in [5.74, 6) is 2.26. The van der Waals surface area contributed by atoms with E-state index in [0.29, 0.717) is 5.92 Å². The minimum absolute atomic E-state index is 0. The highest BCUT2D eigenvalue weighted by Crippen LogP contribution is 2.62. The molecule has 166 valence electrons. The topological polar surface area (TPSA) is 61.8 Å². The second kappa shape index (κ2) is 7.90. The van der Waals surface area contributed by atoms with Gasteiger partial charge in [0.25, 0.3) is 0 Å². The number of carbonyl (C=O) groups is 2. The highest BCUT2D eigenvalue weighted by molar-refractivity contribution is 5.74. The second-order valence-corrected chi connectivity index (χ2v) is 9.79. The summed E-state index contributed by atoms with van der Waals surface area (Å²) in [4.78, 5) is 23.1. The molecule has 30 heavy (non-hydrogen) atoms. The second-order valence-electron chi connectivity index (χ2n) is 9.79. The molecule has 0 N–H and O–H groups in total. The zero-order valence-electron chi connectivity index (χ0n) is 18.2. The van der Waals surface area contributed by atoms with E-state index in [4.69, 9.17) is 14.2 Å². The highest BCUT2D eigenvalue weighted by Gasteiger charge is 2.58. The SMILES string of the molecule is C.CC(=O)Oc1cc2c(cc1OC(C)=O)O[C@@]1(C)CCC3C(C)CCCC3(C)C1C2. The van der Waals surface area contributed by atoms with Crippen molar-refractivity contribution in [2.45, 2.75) is 86.2 Å². The van der Waals surface area contributed by atoms with Crippen LogP contribution < -0.4 is 14.2 Å². The van der Waals surface area contributed by atoms with E-state index in [1.54, 1.807) is 6.07 Å². The van der Waals surface area contributed by atoms with Gasteiger partial charge in [0.15, 0.2) is 11.5 Å². The van der Waals surface area contributed by atoms with Crippen LogP contribution in [0.4, 0.5) is 0 Å². The molecule has 2 saturated carbocycles. The third-order valence-corrected chi connectivity index (χ3v) is 7.80. The van der Waals surface area contributed by atoms with Gasteiger partial charge in [-0.2, -0.15) is 0 Å². The van der Waals surface area contributed by atoms with Crippen LogP contribution in [0.5, 0.6) is 17.2 Å². The molecule has 4 unspecified atom stereocenters. The molecule has 1 heterocycles. The Balaban J connectivity index is 0.00000256. The lowest BCUT2D eigenvalue weighted by Crippen LogP contribution is -2.59. The number of benzene rings is 1. The molecular weight excluding hydrogens is 380 g/mol. The van der Waals surface area contributed by atoms with E-state index in [-0.39, 0.29) is 29.9 Å². The Morgan fingerprint density at radius 3 is 2.30 bits per heavy atom. The number of carbonyl (C=O) groups excluding carboxylic acids is 2. The van der Waals surface area contributed by atoms with E-state index in [9.17, 15) is 9.59 Å². The van der Waals surface area contributed by atoms with Gasteiger partial charge in [-0.1, -0.05) is 34.1 Å². The Kier molecular flexibility index (Phi) is 5.96. The summed E-state index contributed by atoms with van der Waals surface area (Å²) in [6.45, 7) is 9.80. The molecule has 2 fully saturated rings. The Bertz CT molecular complexity index is 846. The molecule has 5 heteroatoms. The molecular formula is C25H36O5. The Hall–Kier alpha value is -2.04. The zero-order valence-corrected chi connectivity index (χ0v) is 18.2. The average Bonchev–Trinajstić information content (AvgIpc) is 2.60. The molecule has 0 spiro atoms. The third-order valence-electron chi connectivity index (χ3n) is 7.80. The maximum absolute atomic E-state index is 11.6. The van der Waals surface area contributed by atoms with Crippen LogP contribution >= 0.6 is 0 Å². The van der Waals surface area contributed by atoms with Crippen molar-refractivity contribution < 1.29 is 23.8 Å². The summed E-state index contributed by atoms with van der Waals surface area (Å²) < 4.78 is 17.3. The molecule has 3 aliphatic rings. The maximum atomic E-state index is 11.6. The van der Waals surface area contributed by atoms with E-state index in [1.807, 2.05) is 6.07 Å². The summed E-state index contributed by atoms with van der Waals surface area (Å²) in [6, 6.07) is 3.54. The molecule has 0 radical (unpaired) electrons. The Morgan fingerprint density at radius 2 is 1.67 bits per heavy atom. The van der Waals surface area contributed by atoms with Gasteiger partial charge in [0.05, 0.1) is 0 Å². The lowest BCUT2D eigenvalue weighted by molar-refractivity contribution is -0.144. The molecule has 0 amide bonds. The third kappa shape index (κ3) is 3.72. The Morgan fingerprint density at radius 1 is 1.03 bits per heavy atom. The minimum atomic E-state index is -0.456. The average molecular weight is 417 g/mol. The lowest BCUT2D eigenvalue weighted by Gasteiger charge is -2.60. The minimum Gasteiger partial charge on any atom is -0.487 e. The molecule has 1 aromatic carbocycles. The van der Waals surface area contributed by atoms with E-state index in [2.05, 4.69) is 20.8 Å². The number of esters is 2. The predicted molar refractivity (Wildman–Crippen MR) is 116 cm³/mol. The fourth-order valence-corrected chi connectivity index (χ4v) is 6.55. The van der Waals surface area contributed by atoms with Crippen molar-refractivity contribution in [3.63, 3.8) is 0 Å². The van der Waals surface area contributed by atoms with Crippen molar-refractivity contribution in [1.29, 1.82) is 0 Å². The first kappa shape index (κ1) is 22.6.